The van der Waals surface area contributed by atoms with E-state index in [1.807, 2.05) is 0 Å². The number of para-hydroxylation sites is 1. The van der Waals surface area contributed by atoms with Crippen molar-refractivity contribution in [1.29, 1.82) is 0 Å². The van der Waals surface area contributed by atoms with Gasteiger partial charge in [-0.25, -0.2) is 0 Å². The van der Waals surface area contributed by atoms with Crippen molar-refractivity contribution in [2.45, 2.75) is 6.92 Å². The third-order valence-electron chi connectivity index (χ3n) is 6.32. The molecule has 6 aromatic rings. The van der Waals surface area contributed by atoms with Gasteiger partial charge >= 0.3 is 0 Å². The standard InChI is InChI=1S/C31H23N/c1-22-11-5-8-16-27(22)30-20-25-15-7-10-18-29(25)32(30)31-21-26(23-12-3-2-4-13-23)19-24-14-6-9-17-28(24)31/h2-21H,1H3. The molecule has 0 fully saturated rings. The summed E-state index contributed by atoms with van der Waals surface area (Å²) in [6, 6.07) is 43.6. The van der Waals surface area contributed by atoms with Crippen LogP contribution in [0.1, 0.15) is 5.56 Å². The maximum absolute atomic E-state index is 2.44. The third-order valence-corrected chi connectivity index (χ3v) is 6.32. The zero-order valence-electron chi connectivity index (χ0n) is 18.0. The largest absolute Gasteiger partial charge is 0.309 e. The fraction of sp³-hybridized carbons (Fsp3) is 0.0323. The van der Waals surface area contributed by atoms with Crippen LogP contribution < -0.4 is 0 Å². The quantitative estimate of drug-likeness (QED) is 0.276. The van der Waals surface area contributed by atoms with Gasteiger partial charge in [0.15, 0.2) is 0 Å². The van der Waals surface area contributed by atoms with E-state index in [0.717, 1.165) is 0 Å². The highest BCUT2D eigenvalue weighted by molar-refractivity contribution is 5.99. The summed E-state index contributed by atoms with van der Waals surface area (Å²) in [6.45, 7) is 2.19. The van der Waals surface area contributed by atoms with Gasteiger partial charge in [0.1, 0.15) is 0 Å². The molecule has 1 nitrogen and oxygen atoms in total. The predicted octanol–water partition coefficient (Wildman–Crippen LogP) is 8.43. The Hall–Kier alpha value is -4.10. The second-order valence-corrected chi connectivity index (χ2v) is 8.32. The van der Waals surface area contributed by atoms with E-state index >= 15 is 0 Å². The van der Waals surface area contributed by atoms with Crippen LogP contribution in [0.2, 0.25) is 0 Å². The molecule has 0 atom stereocenters. The van der Waals surface area contributed by atoms with Gasteiger partial charge in [0.2, 0.25) is 0 Å². The van der Waals surface area contributed by atoms with E-state index in [1.165, 1.54) is 55.3 Å². The number of fused-ring (bicyclic) bond motifs is 2. The minimum absolute atomic E-state index is 1.21. The predicted molar refractivity (Wildman–Crippen MR) is 136 cm³/mol. The van der Waals surface area contributed by atoms with E-state index in [-0.39, 0.29) is 0 Å². The Morgan fingerprint density at radius 3 is 2.06 bits per heavy atom. The molecule has 32 heavy (non-hydrogen) atoms. The van der Waals surface area contributed by atoms with Crippen molar-refractivity contribution >= 4 is 21.7 Å². The Morgan fingerprint density at radius 1 is 0.531 bits per heavy atom. The summed E-state index contributed by atoms with van der Waals surface area (Å²) < 4.78 is 2.44. The monoisotopic (exact) mass is 409 g/mol. The van der Waals surface area contributed by atoms with E-state index < -0.39 is 0 Å². The van der Waals surface area contributed by atoms with Crippen molar-refractivity contribution in [3.05, 3.63) is 127 Å². The molecule has 0 unspecified atom stereocenters. The van der Waals surface area contributed by atoms with Gasteiger partial charge < -0.3 is 4.57 Å². The summed E-state index contributed by atoms with van der Waals surface area (Å²) in [4.78, 5) is 0. The number of nitrogens with zero attached hydrogens (tertiary/aromatic N) is 1. The van der Waals surface area contributed by atoms with Gasteiger partial charge in [-0.05, 0) is 53.3 Å². The topological polar surface area (TPSA) is 4.93 Å². The lowest BCUT2D eigenvalue weighted by molar-refractivity contribution is 1.14. The van der Waals surface area contributed by atoms with Crippen LogP contribution in [0.25, 0.3) is 49.7 Å². The van der Waals surface area contributed by atoms with Crippen molar-refractivity contribution in [3.8, 4) is 28.1 Å². The van der Waals surface area contributed by atoms with Gasteiger partial charge in [-0.15, -0.1) is 0 Å². The minimum atomic E-state index is 1.21. The van der Waals surface area contributed by atoms with Crippen LogP contribution in [0.4, 0.5) is 0 Å². The first-order valence-corrected chi connectivity index (χ1v) is 11.0. The number of hydrogen-bond donors (Lipinski definition) is 0. The molecule has 0 aliphatic heterocycles. The molecule has 152 valence electrons. The number of hydrogen-bond acceptors (Lipinski definition) is 0. The molecule has 0 amide bonds. The van der Waals surface area contributed by atoms with Crippen LogP contribution in [0.15, 0.2) is 121 Å². The maximum Gasteiger partial charge on any atom is 0.0546 e. The van der Waals surface area contributed by atoms with Crippen LogP contribution in [-0.2, 0) is 0 Å². The summed E-state index contributed by atoms with van der Waals surface area (Å²) in [5.41, 5.74) is 8.65. The third kappa shape index (κ3) is 3.02. The molecular formula is C31H23N. The molecular weight excluding hydrogens is 386 g/mol. The van der Waals surface area contributed by atoms with Crippen molar-refractivity contribution < 1.29 is 0 Å². The van der Waals surface area contributed by atoms with Gasteiger partial charge in [-0.1, -0.05) is 97.1 Å². The smallest absolute Gasteiger partial charge is 0.0546 e. The van der Waals surface area contributed by atoms with Gasteiger partial charge in [-0.3, -0.25) is 0 Å². The number of aryl methyl sites for hydroxylation is 1. The van der Waals surface area contributed by atoms with Crippen LogP contribution in [0, 0.1) is 6.92 Å². The molecule has 0 aliphatic carbocycles. The van der Waals surface area contributed by atoms with E-state index in [0.29, 0.717) is 0 Å². The Labute approximate surface area is 188 Å². The van der Waals surface area contributed by atoms with Crippen molar-refractivity contribution in [1.82, 2.24) is 4.57 Å². The average molecular weight is 410 g/mol. The number of benzene rings is 5. The minimum Gasteiger partial charge on any atom is -0.309 e. The van der Waals surface area contributed by atoms with Crippen molar-refractivity contribution in [2.24, 2.45) is 0 Å². The second kappa shape index (κ2) is 7.55. The van der Waals surface area contributed by atoms with Gasteiger partial charge in [0.25, 0.3) is 0 Å². The SMILES string of the molecule is Cc1ccccc1-c1cc2ccccc2n1-c1cc(-c2ccccc2)cc2ccccc12. The molecule has 1 heteroatoms. The molecule has 6 rings (SSSR count). The molecule has 0 N–H and O–H groups in total. The average Bonchev–Trinajstić information content (AvgIpc) is 3.23. The molecule has 1 heterocycles. The number of rotatable bonds is 3. The normalized spacial score (nSPS) is 11.3. The lowest BCUT2D eigenvalue weighted by Gasteiger charge is -2.17. The number of aromatic nitrogens is 1. The Morgan fingerprint density at radius 2 is 1.22 bits per heavy atom. The fourth-order valence-corrected chi connectivity index (χ4v) is 4.75. The van der Waals surface area contributed by atoms with Crippen LogP contribution in [-0.4, -0.2) is 4.57 Å². The van der Waals surface area contributed by atoms with Gasteiger partial charge in [0, 0.05) is 16.3 Å². The molecule has 0 saturated carbocycles. The molecule has 0 spiro atoms. The highest BCUT2D eigenvalue weighted by Gasteiger charge is 2.16. The second-order valence-electron chi connectivity index (χ2n) is 8.32. The molecule has 0 saturated heterocycles. The van der Waals surface area contributed by atoms with Gasteiger partial charge in [-0.2, -0.15) is 0 Å². The van der Waals surface area contributed by atoms with E-state index in [2.05, 4.69) is 133 Å². The van der Waals surface area contributed by atoms with E-state index in [9.17, 15) is 0 Å². The van der Waals surface area contributed by atoms with Crippen molar-refractivity contribution in [3.63, 3.8) is 0 Å². The molecule has 0 bridgehead atoms. The highest BCUT2D eigenvalue weighted by atomic mass is 15.0. The highest BCUT2D eigenvalue weighted by Crippen LogP contribution is 2.37. The Kier molecular flexibility index (Phi) is 4.40. The molecule has 5 aromatic carbocycles. The van der Waals surface area contributed by atoms with Crippen LogP contribution >= 0.6 is 0 Å². The summed E-state index contributed by atoms with van der Waals surface area (Å²) >= 11 is 0. The first-order chi connectivity index (χ1) is 15.8. The molecule has 0 aliphatic rings. The first kappa shape index (κ1) is 18.7. The van der Waals surface area contributed by atoms with Crippen molar-refractivity contribution in [2.75, 3.05) is 0 Å². The van der Waals surface area contributed by atoms with Crippen LogP contribution in [0.3, 0.4) is 0 Å². The molecule has 0 radical (unpaired) electrons. The summed E-state index contributed by atoms with van der Waals surface area (Å²) in [5, 5.41) is 3.75. The Balaban J connectivity index is 1.74. The summed E-state index contributed by atoms with van der Waals surface area (Å²) in [7, 11) is 0. The maximum atomic E-state index is 2.44. The van der Waals surface area contributed by atoms with E-state index in [1.54, 1.807) is 0 Å². The van der Waals surface area contributed by atoms with E-state index in [4.69, 9.17) is 0 Å². The van der Waals surface area contributed by atoms with Gasteiger partial charge in [0.05, 0.1) is 16.9 Å². The lowest BCUT2D eigenvalue weighted by atomic mass is 9.99. The van der Waals surface area contributed by atoms with Crippen LogP contribution in [0.5, 0.6) is 0 Å². The fourth-order valence-electron chi connectivity index (χ4n) is 4.75. The first-order valence-electron chi connectivity index (χ1n) is 11.0. The lowest BCUT2D eigenvalue weighted by Crippen LogP contribution is -1.99. The zero-order valence-corrected chi connectivity index (χ0v) is 18.0. The molecule has 1 aromatic heterocycles. The zero-order chi connectivity index (χ0) is 21.5. The Bertz CT molecular complexity index is 1570. The summed E-state index contributed by atoms with van der Waals surface area (Å²) in [5.74, 6) is 0. The summed E-state index contributed by atoms with van der Waals surface area (Å²) in [6.07, 6.45) is 0.